The Balaban J connectivity index is 2.72. The lowest BCUT2D eigenvalue weighted by atomic mass is 10.0. The number of likely N-dealkylation sites (tertiary alicyclic amines) is 1. The van der Waals surface area contributed by atoms with Gasteiger partial charge in [0.15, 0.2) is 0 Å². The van der Waals surface area contributed by atoms with E-state index in [1.165, 1.54) is 0 Å². The van der Waals surface area contributed by atoms with E-state index in [4.69, 9.17) is 4.74 Å². The van der Waals surface area contributed by atoms with E-state index < -0.39 is 17.7 Å². The number of piperidine rings is 1. The molecular formula is C15H27BrN2O3. The molecule has 1 unspecified atom stereocenters. The van der Waals surface area contributed by atoms with Gasteiger partial charge >= 0.3 is 6.09 Å². The van der Waals surface area contributed by atoms with Gasteiger partial charge in [0.05, 0.1) is 4.95 Å². The molecule has 0 spiro atoms. The second-order valence-electron chi connectivity index (χ2n) is 6.83. The predicted octanol–water partition coefficient (Wildman–Crippen LogP) is 3.27. The van der Waals surface area contributed by atoms with Crippen molar-refractivity contribution in [2.45, 2.75) is 70.5 Å². The number of rotatable bonds is 3. The first-order chi connectivity index (χ1) is 9.61. The molecular weight excluding hydrogens is 336 g/mol. The fourth-order valence-electron chi connectivity index (χ4n) is 2.27. The van der Waals surface area contributed by atoms with Gasteiger partial charge in [0.2, 0.25) is 5.91 Å². The molecule has 1 aliphatic heterocycles. The van der Waals surface area contributed by atoms with E-state index in [2.05, 4.69) is 21.2 Å². The summed E-state index contributed by atoms with van der Waals surface area (Å²) in [6.07, 6.45) is 2.53. The van der Waals surface area contributed by atoms with E-state index in [-0.39, 0.29) is 16.8 Å². The highest BCUT2D eigenvalue weighted by molar-refractivity contribution is 9.09. The van der Waals surface area contributed by atoms with E-state index in [1.807, 2.05) is 18.7 Å². The number of carbonyl (C=O) groups is 2. The van der Waals surface area contributed by atoms with Crippen LogP contribution in [-0.4, -0.2) is 40.0 Å². The molecule has 0 bridgehead atoms. The van der Waals surface area contributed by atoms with E-state index in [9.17, 15) is 9.59 Å². The Kier molecular flexibility index (Phi) is 6.50. The Morgan fingerprint density at radius 3 is 2.38 bits per heavy atom. The van der Waals surface area contributed by atoms with Gasteiger partial charge in [-0.25, -0.2) is 4.79 Å². The number of nitrogens with one attached hydrogen (secondary N) is 1. The molecule has 1 fully saturated rings. The summed E-state index contributed by atoms with van der Waals surface area (Å²) in [7, 11) is 0. The van der Waals surface area contributed by atoms with Crippen molar-refractivity contribution >= 4 is 27.9 Å². The molecule has 2 amide bonds. The van der Waals surface area contributed by atoms with Crippen LogP contribution in [0.15, 0.2) is 0 Å². The Labute approximate surface area is 135 Å². The van der Waals surface area contributed by atoms with Crippen LogP contribution in [0.25, 0.3) is 0 Å². The van der Waals surface area contributed by atoms with Gasteiger partial charge in [-0.3, -0.25) is 4.79 Å². The highest BCUT2D eigenvalue weighted by atomic mass is 79.9. The maximum absolute atomic E-state index is 12.7. The SMILES string of the molecule is CC(C)[C@@H](NC(=O)OC(C)(C)C)C(=O)N1CCCCC1Br. The number of ether oxygens (including phenoxy) is 1. The highest BCUT2D eigenvalue weighted by Gasteiger charge is 2.33. The van der Waals surface area contributed by atoms with Gasteiger partial charge in [-0.05, 0) is 46.0 Å². The van der Waals surface area contributed by atoms with Crippen molar-refractivity contribution in [2.24, 2.45) is 5.92 Å². The summed E-state index contributed by atoms with van der Waals surface area (Å²) in [5.41, 5.74) is -0.572. The summed E-state index contributed by atoms with van der Waals surface area (Å²) in [5.74, 6) is -0.0379. The zero-order valence-corrected chi connectivity index (χ0v) is 15.2. The van der Waals surface area contributed by atoms with Crippen molar-refractivity contribution in [1.29, 1.82) is 0 Å². The summed E-state index contributed by atoms with van der Waals surface area (Å²) < 4.78 is 5.25. The summed E-state index contributed by atoms with van der Waals surface area (Å²) in [5, 5.41) is 2.72. The highest BCUT2D eigenvalue weighted by Crippen LogP contribution is 2.23. The van der Waals surface area contributed by atoms with Gasteiger partial charge in [-0.15, -0.1) is 0 Å². The van der Waals surface area contributed by atoms with Crippen molar-refractivity contribution in [3.8, 4) is 0 Å². The van der Waals surface area contributed by atoms with Crippen molar-refractivity contribution in [3.63, 3.8) is 0 Å². The molecule has 1 rings (SSSR count). The lowest BCUT2D eigenvalue weighted by Gasteiger charge is -2.36. The number of carbonyl (C=O) groups excluding carboxylic acids is 2. The third-order valence-corrected chi connectivity index (χ3v) is 4.27. The molecule has 0 aliphatic carbocycles. The molecule has 21 heavy (non-hydrogen) atoms. The van der Waals surface area contributed by atoms with Crippen LogP contribution in [0.4, 0.5) is 4.79 Å². The smallest absolute Gasteiger partial charge is 0.408 e. The topological polar surface area (TPSA) is 58.6 Å². The number of amides is 2. The van der Waals surface area contributed by atoms with Crippen LogP contribution < -0.4 is 5.32 Å². The number of halogens is 1. The minimum atomic E-state index is -0.572. The molecule has 6 heteroatoms. The van der Waals surface area contributed by atoms with Crippen LogP contribution >= 0.6 is 15.9 Å². The van der Waals surface area contributed by atoms with Gasteiger partial charge in [0.1, 0.15) is 11.6 Å². The van der Waals surface area contributed by atoms with Gasteiger partial charge in [-0.1, -0.05) is 29.8 Å². The minimum Gasteiger partial charge on any atom is -0.444 e. The number of alkyl halides is 1. The number of hydrogen-bond acceptors (Lipinski definition) is 3. The van der Waals surface area contributed by atoms with Crippen molar-refractivity contribution in [1.82, 2.24) is 10.2 Å². The van der Waals surface area contributed by atoms with Crippen LogP contribution in [0.2, 0.25) is 0 Å². The Morgan fingerprint density at radius 2 is 1.90 bits per heavy atom. The quantitative estimate of drug-likeness (QED) is 0.619. The molecule has 0 aromatic rings. The zero-order chi connectivity index (χ0) is 16.2. The second-order valence-corrected chi connectivity index (χ2v) is 7.89. The summed E-state index contributed by atoms with van der Waals surface area (Å²) >= 11 is 3.55. The van der Waals surface area contributed by atoms with Crippen LogP contribution in [0, 0.1) is 5.92 Å². The normalized spacial score (nSPS) is 21.1. The lowest BCUT2D eigenvalue weighted by molar-refractivity contribution is -0.136. The van der Waals surface area contributed by atoms with Crippen LogP contribution in [0.1, 0.15) is 53.9 Å². The lowest BCUT2D eigenvalue weighted by Crippen LogP contribution is -2.54. The maximum atomic E-state index is 12.7. The number of hydrogen-bond donors (Lipinski definition) is 1. The monoisotopic (exact) mass is 362 g/mol. The van der Waals surface area contributed by atoms with Crippen molar-refractivity contribution < 1.29 is 14.3 Å². The molecule has 0 aromatic heterocycles. The first kappa shape index (κ1) is 18.3. The third-order valence-electron chi connectivity index (χ3n) is 3.32. The van der Waals surface area contributed by atoms with Crippen molar-refractivity contribution in [3.05, 3.63) is 0 Å². The van der Waals surface area contributed by atoms with Gasteiger partial charge < -0.3 is 15.0 Å². The predicted molar refractivity (Wildman–Crippen MR) is 86.3 cm³/mol. The van der Waals surface area contributed by atoms with Crippen LogP contribution in [-0.2, 0) is 9.53 Å². The van der Waals surface area contributed by atoms with Gasteiger partial charge in [-0.2, -0.15) is 0 Å². The second kappa shape index (κ2) is 7.47. The molecule has 0 aromatic carbocycles. The first-order valence-electron chi connectivity index (χ1n) is 7.56. The number of nitrogens with zero attached hydrogens (tertiary/aromatic N) is 1. The zero-order valence-electron chi connectivity index (χ0n) is 13.6. The van der Waals surface area contributed by atoms with E-state index in [0.717, 1.165) is 25.8 Å². The first-order valence-corrected chi connectivity index (χ1v) is 8.47. The standard InChI is InChI=1S/C15H27BrN2O3/c1-10(2)12(17-14(20)21-15(3,4)5)13(19)18-9-7-6-8-11(18)16/h10-12H,6-9H2,1-5H3,(H,17,20)/t11?,12-/m1/s1. The molecule has 122 valence electrons. The van der Waals surface area contributed by atoms with Crippen LogP contribution in [0.3, 0.4) is 0 Å². The molecule has 2 atom stereocenters. The van der Waals surface area contributed by atoms with E-state index >= 15 is 0 Å². The molecule has 1 aliphatic rings. The fraction of sp³-hybridized carbons (Fsp3) is 0.867. The Bertz CT molecular complexity index is 380. The summed E-state index contributed by atoms with van der Waals surface area (Å²) in [6, 6.07) is -0.557. The third kappa shape index (κ3) is 5.85. The average molecular weight is 363 g/mol. The van der Waals surface area contributed by atoms with Crippen molar-refractivity contribution in [2.75, 3.05) is 6.54 Å². The summed E-state index contributed by atoms with van der Waals surface area (Å²) in [6.45, 7) is 9.99. The van der Waals surface area contributed by atoms with Gasteiger partial charge in [0.25, 0.3) is 0 Å². The van der Waals surface area contributed by atoms with E-state index in [0.29, 0.717) is 0 Å². The number of alkyl carbamates (subject to hydrolysis) is 1. The Morgan fingerprint density at radius 1 is 1.29 bits per heavy atom. The summed E-state index contributed by atoms with van der Waals surface area (Å²) in [4.78, 5) is 26.5. The van der Waals surface area contributed by atoms with Gasteiger partial charge in [0, 0.05) is 6.54 Å². The largest absolute Gasteiger partial charge is 0.444 e. The molecule has 5 nitrogen and oxygen atoms in total. The van der Waals surface area contributed by atoms with Crippen LogP contribution in [0.5, 0.6) is 0 Å². The maximum Gasteiger partial charge on any atom is 0.408 e. The molecule has 0 radical (unpaired) electrons. The molecule has 1 N–H and O–H groups in total. The minimum absolute atomic E-state index is 0.00615. The fourth-order valence-corrected chi connectivity index (χ4v) is 3.00. The molecule has 1 saturated heterocycles. The van der Waals surface area contributed by atoms with E-state index in [1.54, 1.807) is 20.8 Å². The molecule has 0 saturated carbocycles. The molecule has 1 heterocycles. The average Bonchev–Trinajstić information content (AvgIpc) is 2.33. The Hall–Kier alpha value is -0.780.